The minimum absolute atomic E-state index is 0.277. The van der Waals surface area contributed by atoms with Crippen LogP contribution in [-0.2, 0) is 4.79 Å². The molecule has 0 N–H and O–H groups in total. The van der Waals surface area contributed by atoms with E-state index in [-0.39, 0.29) is 5.91 Å². The van der Waals surface area contributed by atoms with Crippen LogP contribution in [-0.4, -0.2) is 29.8 Å². The van der Waals surface area contributed by atoms with E-state index < -0.39 is 0 Å². The van der Waals surface area contributed by atoms with E-state index in [9.17, 15) is 4.79 Å². The number of alkyl halides is 1. The second kappa shape index (κ2) is 6.07. The highest BCUT2D eigenvalue weighted by Gasteiger charge is 2.14. The number of rotatable bonds is 4. The van der Waals surface area contributed by atoms with Crippen molar-refractivity contribution in [3.63, 3.8) is 0 Å². The zero-order chi connectivity index (χ0) is 10.4. The van der Waals surface area contributed by atoms with Crippen molar-refractivity contribution in [2.24, 2.45) is 0 Å². The first-order chi connectivity index (χ1) is 6.74. The minimum Gasteiger partial charge on any atom is -0.339 e. The van der Waals surface area contributed by atoms with E-state index in [0.29, 0.717) is 12.3 Å². The molecule has 1 rings (SSSR count). The van der Waals surface area contributed by atoms with Crippen molar-refractivity contribution in [3.05, 3.63) is 11.6 Å². The van der Waals surface area contributed by atoms with Crippen LogP contribution in [0.3, 0.4) is 0 Å². The SMILES string of the molecule is CC1=CCN(C(=O)CCCCCl)CC1. The molecule has 14 heavy (non-hydrogen) atoms. The predicted molar refractivity (Wildman–Crippen MR) is 59.5 cm³/mol. The van der Waals surface area contributed by atoms with Crippen molar-refractivity contribution < 1.29 is 4.79 Å². The van der Waals surface area contributed by atoms with Crippen molar-refractivity contribution in [2.45, 2.75) is 32.6 Å². The lowest BCUT2D eigenvalue weighted by Gasteiger charge is -2.25. The molecule has 1 amide bonds. The van der Waals surface area contributed by atoms with Crippen molar-refractivity contribution >= 4 is 17.5 Å². The third-order valence-corrected chi connectivity index (χ3v) is 2.83. The molecule has 0 aromatic rings. The van der Waals surface area contributed by atoms with Crippen LogP contribution in [0.5, 0.6) is 0 Å². The van der Waals surface area contributed by atoms with Gasteiger partial charge in [-0.2, -0.15) is 0 Å². The van der Waals surface area contributed by atoms with Crippen LogP contribution >= 0.6 is 11.6 Å². The summed E-state index contributed by atoms with van der Waals surface area (Å²) in [5.41, 5.74) is 1.40. The first kappa shape index (κ1) is 11.6. The van der Waals surface area contributed by atoms with Gasteiger partial charge in [-0.1, -0.05) is 11.6 Å². The van der Waals surface area contributed by atoms with Gasteiger partial charge in [0.25, 0.3) is 0 Å². The summed E-state index contributed by atoms with van der Waals surface area (Å²) in [7, 11) is 0. The standard InChI is InChI=1S/C11H18ClNO/c1-10-5-8-13(9-6-10)11(14)4-2-3-7-12/h5H,2-4,6-9H2,1H3. The fourth-order valence-corrected chi connectivity index (χ4v) is 1.72. The lowest BCUT2D eigenvalue weighted by Crippen LogP contribution is -2.34. The van der Waals surface area contributed by atoms with Gasteiger partial charge in [-0.25, -0.2) is 0 Å². The summed E-state index contributed by atoms with van der Waals surface area (Å²) in [6.07, 6.45) is 5.68. The molecule has 0 fully saturated rings. The Hall–Kier alpha value is -0.500. The number of carbonyl (C=O) groups excluding carboxylic acids is 1. The fourth-order valence-electron chi connectivity index (χ4n) is 1.53. The van der Waals surface area contributed by atoms with Gasteiger partial charge in [0.05, 0.1) is 0 Å². The van der Waals surface area contributed by atoms with Gasteiger partial charge in [0.2, 0.25) is 5.91 Å². The van der Waals surface area contributed by atoms with Gasteiger partial charge >= 0.3 is 0 Å². The molecule has 1 aliphatic rings. The maximum atomic E-state index is 11.6. The summed E-state index contributed by atoms with van der Waals surface area (Å²) in [4.78, 5) is 13.6. The van der Waals surface area contributed by atoms with E-state index in [4.69, 9.17) is 11.6 Å². The predicted octanol–water partition coefficient (Wildman–Crippen LogP) is 2.57. The normalized spacial score (nSPS) is 16.7. The average Bonchev–Trinajstić information content (AvgIpc) is 2.19. The summed E-state index contributed by atoms with van der Waals surface area (Å²) in [5, 5.41) is 0. The highest BCUT2D eigenvalue weighted by molar-refractivity contribution is 6.17. The maximum Gasteiger partial charge on any atom is 0.222 e. The summed E-state index contributed by atoms with van der Waals surface area (Å²) in [6.45, 7) is 3.81. The molecular weight excluding hydrogens is 198 g/mol. The molecule has 80 valence electrons. The number of amides is 1. The Bertz CT molecular complexity index is 225. The van der Waals surface area contributed by atoms with Gasteiger partial charge < -0.3 is 4.90 Å². The number of nitrogens with zero attached hydrogens (tertiary/aromatic N) is 1. The molecule has 0 aromatic heterocycles. The van der Waals surface area contributed by atoms with E-state index in [1.165, 1.54) is 5.57 Å². The van der Waals surface area contributed by atoms with E-state index in [2.05, 4.69) is 13.0 Å². The Morgan fingerprint density at radius 1 is 1.57 bits per heavy atom. The van der Waals surface area contributed by atoms with Gasteiger partial charge in [0, 0.05) is 25.4 Å². The Morgan fingerprint density at radius 2 is 2.36 bits per heavy atom. The zero-order valence-corrected chi connectivity index (χ0v) is 9.52. The molecule has 0 bridgehead atoms. The highest BCUT2D eigenvalue weighted by atomic mass is 35.5. The molecule has 0 spiro atoms. The number of carbonyl (C=O) groups is 1. The average molecular weight is 216 g/mol. The van der Waals surface area contributed by atoms with Gasteiger partial charge in [-0.3, -0.25) is 4.79 Å². The van der Waals surface area contributed by atoms with E-state index >= 15 is 0 Å². The maximum absolute atomic E-state index is 11.6. The molecule has 2 nitrogen and oxygen atoms in total. The molecule has 0 aromatic carbocycles. The Morgan fingerprint density at radius 3 is 2.93 bits per heavy atom. The van der Waals surface area contributed by atoms with E-state index in [1.54, 1.807) is 0 Å². The second-order valence-electron chi connectivity index (χ2n) is 3.79. The van der Waals surface area contributed by atoms with Gasteiger partial charge in [0.15, 0.2) is 0 Å². The highest BCUT2D eigenvalue weighted by Crippen LogP contribution is 2.11. The molecule has 1 aliphatic heterocycles. The summed E-state index contributed by atoms with van der Waals surface area (Å²) in [6, 6.07) is 0. The lowest BCUT2D eigenvalue weighted by atomic mass is 10.1. The minimum atomic E-state index is 0.277. The number of unbranched alkanes of at least 4 members (excludes halogenated alkanes) is 1. The largest absolute Gasteiger partial charge is 0.339 e. The molecule has 0 saturated carbocycles. The summed E-state index contributed by atoms with van der Waals surface area (Å²) in [5.74, 6) is 0.936. The van der Waals surface area contributed by atoms with E-state index in [0.717, 1.165) is 32.4 Å². The molecule has 0 aliphatic carbocycles. The summed E-state index contributed by atoms with van der Waals surface area (Å²) < 4.78 is 0. The second-order valence-corrected chi connectivity index (χ2v) is 4.16. The molecular formula is C11H18ClNO. The topological polar surface area (TPSA) is 20.3 Å². The Labute approximate surface area is 90.9 Å². The Balaban J connectivity index is 2.25. The third-order valence-electron chi connectivity index (χ3n) is 2.56. The molecule has 0 atom stereocenters. The van der Waals surface area contributed by atoms with Gasteiger partial charge in [-0.05, 0) is 26.2 Å². The molecule has 0 saturated heterocycles. The first-order valence-electron chi connectivity index (χ1n) is 5.23. The quantitative estimate of drug-likeness (QED) is 0.401. The Kier molecular flexibility index (Phi) is 5.02. The third kappa shape index (κ3) is 3.70. The number of halogens is 1. The number of hydrogen-bond donors (Lipinski definition) is 0. The van der Waals surface area contributed by atoms with Crippen LogP contribution in [0, 0.1) is 0 Å². The molecule has 1 heterocycles. The fraction of sp³-hybridized carbons (Fsp3) is 0.727. The van der Waals surface area contributed by atoms with Crippen LogP contribution in [0.4, 0.5) is 0 Å². The molecule has 3 heteroatoms. The smallest absolute Gasteiger partial charge is 0.222 e. The van der Waals surface area contributed by atoms with Crippen LogP contribution in [0.1, 0.15) is 32.6 Å². The van der Waals surface area contributed by atoms with Crippen molar-refractivity contribution in [1.29, 1.82) is 0 Å². The van der Waals surface area contributed by atoms with Crippen molar-refractivity contribution in [3.8, 4) is 0 Å². The van der Waals surface area contributed by atoms with Crippen molar-refractivity contribution in [2.75, 3.05) is 19.0 Å². The van der Waals surface area contributed by atoms with Crippen LogP contribution in [0.2, 0.25) is 0 Å². The molecule has 0 radical (unpaired) electrons. The lowest BCUT2D eigenvalue weighted by molar-refractivity contribution is -0.130. The summed E-state index contributed by atoms with van der Waals surface area (Å²) >= 11 is 5.56. The number of hydrogen-bond acceptors (Lipinski definition) is 1. The van der Waals surface area contributed by atoms with Gasteiger partial charge in [0.1, 0.15) is 0 Å². The van der Waals surface area contributed by atoms with Crippen LogP contribution < -0.4 is 0 Å². The van der Waals surface area contributed by atoms with Gasteiger partial charge in [-0.15, -0.1) is 11.6 Å². The van der Waals surface area contributed by atoms with Crippen LogP contribution in [0.25, 0.3) is 0 Å². The first-order valence-corrected chi connectivity index (χ1v) is 5.77. The van der Waals surface area contributed by atoms with Crippen molar-refractivity contribution in [1.82, 2.24) is 4.90 Å². The monoisotopic (exact) mass is 215 g/mol. The van der Waals surface area contributed by atoms with E-state index in [1.807, 2.05) is 4.90 Å². The van der Waals surface area contributed by atoms with Crippen LogP contribution in [0.15, 0.2) is 11.6 Å². The molecule has 0 unspecified atom stereocenters. The zero-order valence-electron chi connectivity index (χ0n) is 8.76.